The van der Waals surface area contributed by atoms with E-state index >= 15 is 0 Å². The topological polar surface area (TPSA) is 84.5 Å². The van der Waals surface area contributed by atoms with Crippen LogP contribution in [0.1, 0.15) is 25.5 Å². The molecule has 0 saturated heterocycles. The Morgan fingerprint density at radius 2 is 1.85 bits per heavy atom. The highest BCUT2D eigenvalue weighted by Gasteiger charge is 2.24. The smallest absolute Gasteiger partial charge is 0.289 e. The molecule has 20 heavy (non-hydrogen) atoms. The van der Waals surface area contributed by atoms with Crippen LogP contribution >= 0.6 is 0 Å². The molecule has 0 aliphatic heterocycles. The van der Waals surface area contributed by atoms with Crippen molar-refractivity contribution < 1.29 is 9.22 Å². The summed E-state index contributed by atoms with van der Waals surface area (Å²) in [5, 5.41) is 24.6. The molecule has 5 nitrogen and oxygen atoms in total. The van der Waals surface area contributed by atoms with Gasteiger partial charge in [0.15, 0.2) is 11.9 Å². The zero-order chi connectivity index (χ0) is 15.4. The van der Waals surface area contributed by atoms with Crippen molar-refractivity contribution in [2.75, 3.05) is 0 Å². The lowest BCUT2D eigenvalue weighted by Crippen LogP contribution is -2.36. The highest BCUT2D eigenvalue weighted by Crippen LogP contribution is 2.02. The highest BCUT2D eigenvalue weighted by atomic mass is 16.4. The molecular formula is C14H19BN4O. The van der Waals surface area contributed by atoms with Gasteiger partial charge in [0.05, 0.1) is 8.05 Å². The SMILES string of the molecule is CCCC[n+]1ccccc1C.[BH3-]OC(C#N)(C#N)C#N. The summed E-state index contributed by atoms with van der Waals surface area (Å²) in [6.07, 6.45) is 4.68. The maximum Gasteiger partial charge on any atom is 0.289 e. The fraction of sp³-hybridized carbons (Fsp3) is 0.429. The number of hydrogen-bond donors (Lipinski definition) is 0. The van der Waals surface area contributed by atoms with E-state index < -0.39 is 13.7 Å². The second-order valence-corrected chi connectivity index (χ2v) is 3.91. The monoisotopic (exact) mass is 270 g/mol. The summed E-state index contributed by atoms with van der Waals surface area (Å²) in [7, 11) is -0.534. The van der Waals surface area contributed by atoms with Gasteiger partial charge in [0, 0.05) is 25.5 Å². The molecule has 0 radical (unpaired) electrons. The molecule has 1 aromatic heterocycles. The van der Waals surface area contributed by atoms with Crippen LogP contribution in [0.25, 0.3) is 0 Å². The fourth-order valence-electron chi connectivity index (χ4n) is 1.22. The normalized spacial score (nSPS) is 9.40. The summed E-state index contributed by atoms with van der Waals surface area (Å²) in [6.45, 7) is 5.53. The molecule has 0 bridgehead atoms. The molecule has 0 N–H and O–H groups in total. The molecule has 6 heteroatoms. The number of aryl methyl sites for hydroxylation is 2. The van der Waals surface area contributed by atoms with E-state index in [1.165, 1.54) is 36.7 Å². The molecular weight excluding hydrogens is 251 g/mol. The molecule has 0 amide bonds. The van der Waals surface area contributed by atoms with Gasteiger partial charge in [0.2, 0.25) is 0 Å². The molecule has 0 spiro atoms. The third-order valence-electron chi connectivity index (χ3n) is 2.39. The predicted octanol–water partition coefficient (Wildman–Crippen LogP) is 0.676. The Morgan fingerprint density at radius 3 is 2.20 bits per heavy atom. The minimum absolute atomic E-state index is 0.534. The molecule has 0 aliphatic rings. The van der Waals surface area contributed by atoms with E-state index in [-0.39, 0.29) is 0 Å². The van der Waals surface area contributed by atoms with E-state index in [0.29, 0.717) is 0 Å². The maximum absolute atomic E-state index is 8.20. The van der Waals surface area contributed by atoms with Gasteiger partial charge in [-0.1, -0.05) is 19.4 Å². The van der Waals surface area contributed by atoms with Gasteiger partial charge in [-0.25, -0.2) is 4.57 Å². The summed E-state index contributed by atoms with van der Waals surface area (Å²) >= 11 is 0. The fourth-order valence-corrected chi connectivity index (χ4v) is 1.22. The average Bonchev–Trinajstić information content (AvgIpc) is 2.50. The summed E-state index contributed by atoms with van der Waals surface area (Å²) < 4.78 is 6.85. The Bertz CT molecular complexity index is 503. The number of rotatable bonds is 4. The number of unbranched alkanes of at least 4 members (excludes halogenated alkanes) is 1. The molecule has 0 saturated carbocycles. The van der Waals surface area contributed by atoms with Crippen LogP contribution in [-0.2, 0) is 11.2 Å². The lowest BCUT2D eigenvalue weighted by Gasteiger charge is -2.10. The first-order chi connectivity index (χ1) is 9.59. The van der Waals surface area contributed by atoms with Gasteiger partial charge in [0.25, 0.3) is 5.60 Å². The summed E-state index contributed by atoms with van der Waals surface area (Å²) in [5.41, 5.74) is -0.457. The van der Waals surface area contributed by atoms with Crippen LogP contribution in [-0.4, -0.2) is 13.7 Å². The van der Waals surface area contributed by atoms with Gasteiger partial charge in [-0.15, -0.1) is 0 Å². The third kappa shape index (κ3) is 5.52. The zero-order valence-corrected chi connectivity index (χ0v) is 11.1. The van der Waals surface area contributed by atoms with E-state index in [1.54, 1.807) is 0 Å². The molecule has 0 fully saturated rings. The van der Waals surface area contributed by atoms with E-state index in [1.807, 2.05) is 0 Å². The predicted molar refractivity (Wildman–Crippen MR) is 76.9 cm³/mol. The number of pyridine rings is 1. The van der Waals surface area contributed by atoms with Crippen LogP contribution in [0.5, 0.6) is 0 Å². The molecule has 0 atom stereocenters. The maximum atomic E-state index is 8.20. The van der Waals surface area contributed by atoms with E-state index in [0.717, 1.165) is 6.54 Å². The largest absolute Gasteiger partial charge is 0.563 e. The molecule has 1 rings (SSSR count). The van der Waals surface area contributed by atoms with Gasteiger partial charge in [0.1, 0.15) is 24.8 Å². The average molecular weight is 270 g/mol. The number of hydrogen-bond acceptors (Lipinski definition) is 4. The van der Waals surface area contributed by atoms with Gasteiger partial charge in [-0.3, -0.25) is 0 Å². The standard InChI is InChI=1S/C10H16N.C4H3BN3O/c1-3-4-8-11-9-6-5-7-10(11)2;5-9-4(1-6,2-7)3-8/h5-7,9H,3-4,8H2,1-2H3;5H3/q+1;-1. The molecule has 104 valence electrons. The van der Waals surface area contributed by atoms with Gasteiger partial charge in [-0.05, 0) is 0 Å². The highest BCUT2D eigenvalue weighted by molar-refractivity contribution is 5.99. The Hall–Kier alpha value is -2.36. The lowest BCUT2D eigenvalue weighted by atomic mass is 10.1. The molecule has 0 aromatic carbocycles. The lowest BCUT2D eigenvalue weighted by molar-refractivity contribution is -0.703. The van der Waals surface area contributed by atoms with Crippen LogP contribution in [0.15, 0.2) is 24.4 Å². The molecule has 1 heterocycles. The number of nitrogens with zero attached hydrogens (tertiary/aromatic N) is 4. The van der Waals surface area contributed by atoms with Gasteiger partial charge in [-0.2, -0.15) is 15.8 Å². The number of nitriles is 3. The second-order valence-electron chi connectivity index (χ2n) is 3.91. The van der Waals surface area contributed by atoms with Crippen LogP contribution in [0.4, 0.5) is 0 Å². The first kappa shape index (κ1) is 17.6. The van der Waals surface area contributed by atoms with Crippen molar-refractivity contribution in [1.82, 2.24) is 0 Å². The summed E-state index contributed by atoms with van der Waals surface area (Å²) in [4.78, 5) is 0. The molecule has 1 aromatic rings. The Morgan fingerprint density at radius 1 is 1.25 bits per heavy atom. The molecule has 0 aliphatic carbocycles. The minimum Gasteiger partial charge on any atom is -0.563 e. The Balaban J connectivity index is 0.000000370. The third-order valence-corrected chi connectivity index (χ3v) is 2.39. The second kappa shape index (κ2) is 9.56. The zero-order valence-electron chi connectivity index (χ0n) is 11.1. The van der Waals surface area contributed by atoms with Crippen LogP contribution in [0.3, 0.4) is 0 Å². The van der Waals surface area contributed by atoms with Crippen molar-refractivity contribution in [3.05, 3.63) is 30.1 Å². The van der Waals surface area contributed by atoms with Crippen molar-refractivity contribution in [2.24, 2.45) is 0 Å². The van der Waals surface area contributed by atoms with E-state index in [2.05, 4.69) is 47.5 Å². The van der Waals surface area contributed by atoms with Crippen LogP contribution in [0, 0.1) is 40.9 Å². The Kier molecular flexibility index (Phi) is 8.43. The van der Waals surface area contributed by atoms with E-state index in [4.69, 9.17) is 15.8 Å². The summed E-state index contributed by atoms with van der Waals surface area (Å²) in [5.74, 6) is 0. The minimum atomic E-state index is -1.81. The van der Waals surface area contributed by atoms with Crippen LogP contribution < -0.4 is 4.57 Å². The van der Waals surface area contributed by atoms with Crippen molar-refractivity contribution >= 4 is 8.05 Å². The van der Waals surface area contributed by atoms with Gasteiger partial charge >= 0.3 is 0 Å². The summed E-state index contributed by atoms with van der Waals surface area (Å²) in [6, 6.07) is 10.8. The number of aromatic nitrogens is 1. The first-order valence-corrected chi connectivity index (χ1v) is 5.92. The van der Waals surface area contributed by atoms with Crippen molar-refractivity contribution in [1.29, 1.82) is 15.8 Å². The van der Waals surface area contributed by atoms with E-state index in [9.17, 15) is 0 Å². The Labute approximate surface area is 121 Å². The first-order valence-electron chi connectivity index (χ1n) is 5.92. The van der Waals surface area contributed by atoms with Gasteiger partial charge < -0.3 is 4.65 Å². The van der Waals surface area contributed by atoms with Crippen molar-refractivity contribution in [3.8, 4) is 18.2 Å². The van der Waals surface area contributed by atoms with Crippen molar-refractivity contribution in [2.45, 2.75) is 38.8 Å². The quantitative estimate of drug-likeness (QED) is 0.594. The van der Waals surface area contributed by atoms with Crippen molar-refractivity contribution in [3.63, 3.8) is 0 Å². The van der Waals surface area contributed by atoms with Crippen LogP contribution in [0.2, 0.25) is 0 Å². The molecule has 0 unspecified atom stereocenters.